The van der Waals surface area contributed by atoms with Gasteiger partial charge in [0.15, 0.2) is 0 Å². The van der Waals surface area contributed by atoms with Gasteiger partial charge in [-0.3, -0.25) is 9.79 Å². The first-order chi connectivity index (χ1) is 8.13. The Bertz CT molecular complexity index is 449. The van der Waals surface area contributed by atoms with Crippen molar-refractivity contribution < 1.29 is 14.7 Å². The van der Waals surface area contributed by atoms with E-state index in [0.29, 0.717) is 6.54 Å². The van der Waals surface area contributed by atoms with E-state index in [1.54, 1.807) is 12.1 Å². The van der Waals surface area contributed by atoms with Crippen molar-refractivity contribution >= 4 is 18.6 Å². The van der Waals surface area contributed by atoms with Gasteiger partial charge < -0.3 is 10.4 Å². The zero-order valence-corrected chi connectivity index (χ0v) is 9.09. The largest absolute Gasteiger partial charge is 0.478 e. The van der Waals surface area contributed by atoms with Crippen LogP contribution in [0.4, 0.5) is 0 Å². The monoisotopic (exact) mass is 232 g/mol. The van der Waals surface area contributed by atoms with Crippen LogP contribution in [0.1, 0.15) is 15.9 Å². The average molecular weight is 232 g/mol. The highest BCUT2D eigenvalue weighted by atomic mass is 16.4. The first kappa shape index (κ1) is 12.6. The molecule has 2 N–H and O–H groups in total. The van der Waals surface area contributed by atoms with Crippen molar-refractivity contribution in [3.05, 3.63) is 47.7 Å². The molecule has 0 fully saturated rings. The molecule has 5 heteroatoms. The van der Waals surface area contributed by atoms with Gasteiger partial charge in [0.25, 0.3) is 0 Å². The molecule has 0 atom stereocenters. The molecule has 1 aromatic carbocycles. The maximum atomic E-state index is 11.2. The number of carbonyl (C=O) groups excluding carboxylic acids is 1. The van der Waals surface area contributed by atoms with Crippen molar-refractivity contribution in [3.8, 4) is 0 Å². The maximum Gasteiger partial charge on any atom is 0.335 e. The number of nitrogens with one attached hydrogen (secondary N) is 1. The summed E-state index contributed by atoms with van der Waals surface area (Å²) in [4.78, 5) is 25.2. The number of carboxylic acids is 1. The molecule has 0 aliphatic carbocycles. The Hall–Kier alpha value is -2.43. The summed E-state index contributed by atoms with van der Waals surface area (Å²) in [7, 11) is 0. The lowest BCUT2D eigenvalue weighted by atomic mass is 10.1. The van der Waals surface area contributed by atoms with Crippen LogP contribution in [-0.4, -0.2) is 23.7 Å². The van der Waals surface area contributed by atoms with E-state index in [-0.39, 0.29) is 11.5 Å². The smallest absolute Gasteiger partial charge is 0.335 e. The summed E-state index contributed by atoms with van der Waals surface area (Å²) < 4.78 is 0. The van der Waals surface area contributed by atoms with Gasteiger partial charge in [0.1, 0.15) is 0 Å². The standard InChI is InChI=1S/C12H12N2O3/c1-13-7-6-11(15)14-8-9-2-4-10(5-3-9)12(16)17/h2-7H,1,8H2,(H,14,15)(H,16,17)/b7-6-. The van der Waals surface area contributed by atoms with E-state index in [1.165, 1.54) is 24.4 Å². The fourth-order valence-electron chi connectivity index (χ4n) is 1.13. The quantitative estimate of drug-likeness (QED) is 0.591. The predicted molar refractivity (Wildman–Crippen MR) is 63.9 cm³/mol. The maximum absolute atomic E-state index is 11.2. The third-order valence-electron chi connectivity index (χ3n) is 2.00. The lowest BCUT2D eigenvalue weighted by Gasteiger charge is -2.02. The molecule has 0 unspecified atom stereocenters. The molecule has 5 nitrogen and oxygen atoms in total. The Morgan fingerprint density at radius 1 is 1.35 bits per heavy atom. The average Bonchev–Trinajstić information content (AvgIpc) is 2.34. The molecular formula is C12H12N2O3. The number of amides is 1. The highest BCUT2D eigenvalue weighted by Crippen LogP contribution is 2.04. The molecule has 0 saturated carbocycles. The van der Waals surface area contributed by atoms with Crippen molar-refractivity contribution in [1.82, 2.24) is 5.32 Å². The lowest BCUT2D eigenvalue weighted by Crippen LogP contribution is -2.20. The van der Waals surface area contributed by atoms with E-state index in [1.807, 2.05) is 0 Å². The molecule has 1 amide bonds. The highest BCUT2D eigenvalue weighted by molar-refractivity contribution is 5.88. The fourth-order valence-corrected chi connectivity index (χ4v) is 1.13. The minimum atomic E-state index is -0.972. The van der Waals surface area contributed by atoms with Crippen LogP contribution in [0.25, 0.3) is 0 Å². The number of aliphatic imine (C=N–C) groups is 1. The summed E-state index contributed by atoms with van der Waals surface area (Å²) in [5.41, 5.74) is 1.04. The number of rotatable bonds is 5. The topological polar surface area (TPSA) is 78.8 Å². The molecule has 88 valence electrons. The number of nitrogens with zero attached hydrogens (tertiary/aromatic N) is 1. The second kappa shape index (κ2) is 6.22. The van der Waals surface area contributed by atoms with Crippen LogP contribution in [0.3, 0.4) is 0 Å². The van der Waals surface area contributed by atoms with Crippen molar-refractivity contribution in [2.45, 2.75) is 6.54 Å². The minimum Gasteiger partial charge on any atom is -0.478 e. The Kier molecular flexibility index (Phi) is 4.62. The van der Waals surface area contributed by atoms with E-state index in [2.05, 4.69) is 17.0 Å². The second-order valence-electron chi connectivity index (χ2n) is 3.22. The fraction of sp³-hybridized carbons (Fsp3) is 0.0833. The summed E-state index contributed by atoms with van der Waals surface area (Å²) in [5, 5.41) is 11.3. The molecule has 0 bridgehead atoms. The van der Waals surface area contributed by atoms with Gasteiger partial charge in [-0.15, -0.1) is 0 Å². The summed E-state index contributed by atoms with van der Waals surface area (Å²) in [6.07, 6.45) is 2.56. The molecule has 0 heterocycles. The van der Waals surface area contributed by atoms with Crippen LogP contribution in [0.15, 0.2) is 41.5 Å². The molecule has 0 aromatic heterocycles. The van der Waals surface area contributed by atoms with E-state index >= 15 is 0 Å². The van der Waals surface area contributed by atoms with E-state index in [9.17, 15) is 9.59 Å². The Morgan fingerprint density at radius 2 is 2.00 bits per heavy atom. The van der Waals surface area contributed by atoms with E-state index < -0.39 is 5.97 Å². The number of benzene rings is 1. The number of carboxylic acid groups (broad SMARTS) is 1. The van der Waals surface area contributed by atoms with Crippen molar-refractivity contribution in [2.24, 2.45) is 4.99 Å². The van der Waals surface area contributed by atoms with Crippen LogP contribution in [0.5, 0.6) is 0 Å². The predicted octanol–water partition coefficient (Wildman–Crippen LogP) is 1.22. The van der Waals surface area contributed by atoms with Crippen LogP contribution in [0.2, 0.25) is 0 Å². The zero-order chi connectivity index (χ0) is 12.7. The molecule has 0 saturated heterocycles. The van der Waals surface area contributed by atoms with Gasteiger partial charge in [-0.25, -0.2) is 4.79 Å². The first-order valence-corrected chi connectivity index (χ1v) is 4.86. The van der Waals surface area contributed by atoms with Gasteiger partial charge in [0.2, 0.25) is 5.91 Å². The van der Waals surface area contributed by atoms with Crippen molar-refractivity contribution in [1.29, 1.82) is 0 Å². The Labute approximate surface area is 98.5 Å². The van der Waals surface area contributed by atoms with Crippen molar-refractivity contribution in [3.63, 3.8) is 0 Å². The van der Waals surface area contributed by atoms with Gasteiger partial charge in [0, 0.05) is 18.8 Å². The van der Waals surface area contributed by atoms with Crippen LogP contribution >= 0.6 is 0 Å². The molecule has 17 heavy (non-hydrogen) atoms. The molecule has 0 aliphatic rings. The van der Waals surface area contributed by atoms with Crippen molar-refractivity contribution in [2.75, 3.05) is 0 Å². The number of hydrogen-bond donors (Lipinski definition) is 2. The van der Waals surface area contributed by atoms with Crippen LogP contribution in [0, 0.1) is 0 Å². The molecule has 0 aliphatic heterocycles. The Morgan fingerprint density at radius 3 is 2.53 bits per heavy atom. The molecule has 1 aromatic rings. The number of carbonyl (C=O) groups is 2. The normalized spacial score (nSPS) is 10.1. The first-order valence-electron chi connectivity index (χ1n) is 4.86. The van der Waals surface area contributed by atoms with Gasteiger partial charge in [0.05, 0.1) is 5.56 Å². The number of hydrogen-bond acceptors (Lipinski definition) is 3. The summed E-state index contributed by atoms with van der Waals surface area (Å²) >= 11 is 0. The van der Waals surface area contributed by atoms with E-state index in [0.717, 1.165) is 5.56 Å². The molecule has 0 spiro atoms. The summed E-state index contributed by atoms with van der Waals surface area (Å²) in [6, 6.07) is 6.29. The second-order valence-corrected chi connectivity index (χ2v) is 3.22. The van der Waals surface area contributed by atoms with Gasteiger partial charge in [-0.1, -0.05) is 12.1 Å². The van der Waals surface area contributed by atoms with Crippen LogP contribution in [-0.2, 0) is 11.3 Å². The SMILES string of the molecule is C=N/C=C\C(=O)NCc1ccc(C(=O)O)cc1. The summed E-state index contributed by atoms with van der Waals surface area (Å²) in [6.45, 7) is 3.54. The molecular weight excluding hydrogens is 220 g/mol. The van der Waals surface area contributed by atoms with E-state index in [4.69, 9.17) is 5.11 Å². The van der Waals surface area contributed by atoms with Crippen LogP contribution < -0.4 is 5.32 Å². The van der Waals surface area contributed by atoms with Gasteiger partial charge >= 0.3 is 5.97 Å². The zero-order valence-electron chi connectivity index (χ0n) is 9.09. The lowest BCUT2D eigenvalue weighted by molar-refractivity contribution is -0.116. The highest BCUT2D eigenvalue weighted by Gasteiger charge is 2.02. The minimum absolute atomic E-state index is 0.218. The van der Waals surface area contributed by atoms with Gasteiger partial charge in [-0.05, 0) is 24.4 Å². The number of aromatic carboxylic acids is 1. The van der Waals surface area contributed by atoms with Gasteiger partial charge in [-0.2, -0.15) is 0 Å². The third kappa shape index (κ3) is 4.29. The molecule has 0 radical (unpaired) electrons. The Balaban J connectivity index is 2.52. The summed E-state index contributed by atoms with van der Waals surface area (Å²) in [5.74, 6) is -1.25. The molecule has 1 rings (SSSR count). The third-order valence-corrected chi connectivity index (χ3v) is 2.00.